The van der Waals surface area contributed by atoms with Crippen LogP contribution in [0.15, 0.2) is 11.3 Å². The molecule has 1 nitrogen and oxygen atoms in total. The summed E-state index contributed by atoms with van der Waals surface area (Å²) in [5.41, 5.74) is 3.65. The van der Waals surface area contributed by atoms with E-state index in [1.807, 2.05) is 0 Å². The molecule has 1 heterocycles. The fourth-order valence-electron chi connectivity index (χ4n) is 2.31. The third-order valence-electron chi connectivity index (χ3n) is 3.18. The average molecular weight is 209 g/mol. The molecule has 0 amide bonds. The molecular formula is C14H27N. The average Bonchev–Trinajstić information content (AvgIpc) is 2.00. The number of allylic oxidation sites excluding steroid dienone is 2. The van der Waals surface area contributed by atoms with Crippen LogP contribution in [0.3, 0.4) is 0 Å². The van der Waals surface area contributed by atoms with Crippen molar-refractivity contribution in [2.45, 2.75) is 67.3 Å². The number of nitrogens with one attached hydrogen (secondary N) is 1. The molecule has 1 N–H and O–H groups in total. The fourth-order valence-corrected chi connectivity index (χ4v) is 2.31. The maximum atomic E-state index is 3.69. The largest absolute Gasteiger partial charge is 0.385 e. The monoisotopic (exact) mass is 209 g/mol. The molecule has 0 saturated heterocycles. The highest BCUT2D eigenvalue weighted by Crippen LogP contribution is 2.40. The molecule has 1 heteroatoms. The Bertz CT molecular complexity index is 260. The first-order valence-electron chi connectivity index (χ1n) is 6.13. The van der Waals surface area contributed by atoms with E-state index >= 15 is 0 Å². The van der Waals surface area contributed by atoms with E-state index in [4.69, 9.17) is 0 Å². The standard InChI is InChI=1S/C14H27N/c1-10-8-9-11(13(2,3)4)12(15-10)14(5,6)7/h10,15H,8-9H2,1-7H3. The molecule has 0 aromatic heterocycles. The zero-order valence-corrected chi connectivity index (χ0v) is 11.5. The lowest BCUT2D eigenvalue weighted by Crippen LogP contribution is -2.39. The molecule has 1 unspecified atom stereocenters. The molecule has 1 atom stereocenters. The SMILES string of the molecule is CC1CCC(C(C)(C)C)=C(C(C)(C)C)N1. The highest BCUT2D eigenvalue weighted by Gasteiger charge is 2.31. The number of rotatable bonds is 0. The lowest BCUT2D eigenvalue weighted by molar-refractivity contribution is 0.350. The van der Waals surface area contributed by atoms with Gasteiger partial charge in [-0.2, -0.15) is 0 Å². The summed E-state index contributed by atoms with van der Waals surface area (Å²) in [6.07, 6.45) is 2.52. The molecule has 1 rings (SSSR count). The summed E-state index contributed by atoms with van der Waals surface area (Å²) in [5, 5.41) is 3.69. The summed E-state index contributed by atoms with van der Waals surface area (Å²) >= 11 is 0. The van der Waals surface area contributed by atoms with Gasteiger partial charge in [0.05, 0.1) is 0 Å². The second-order valence-electron chi connectivity index (χ2n) is 6.94. The first kappa shape index (κ1) is 12.6. The lowest BCUT2D eigenvalue weighted by atomic mass is 9.74. The van der Waals surface area contributed by atoms with Gasteiger partial charge in [-0.3, -0.25) is 0 Å². The van der Waals surface area contributed by atoms with Crippen molar-refractivity contribution in [2.24, 2.45) is 10.8 Å². The van der Waals surface area contributed by atoms with Gasteiger partial charge in [0.1, 0.15) is 0 Å². The van der Waals surface area contributed by atoms with Crippen LogP contribution in [0.1, 0.15) is 61.3 Å². The van der Waals surface area contributed by atoms with Gasteiger partial charge < -0.3 is 5.32 Å². The quantitative estimate of drug-likeness (QED) is 0.633. The third-order valence-corrected chi connectivity index (χ3v) is 3.18. The van der Waals surface area contributed by atoms with Crippen molar-refractivity contribution in [1.29, 1.82) is 0 Å². The zero-order valence-electron chi connectivity index (χ0n) is 11.5. The van der Waals surface area contributed by atoms with Crippen LogP contribution in [0.4, 0.5) is 0 Å². The van der Waals surface area contributed by atoms with Crippen LogP contribution in [-0.4, -0.2) is 6.04 Å². The van der Waals surface area contributed by atoms with E-state index in [0.717, 1.165) is 0 Å². The molecule has 88 valence electrons. The summed E-state index contributed by atoms with van der Waals surface area (Å²) < 4.78 is 0. The van der Waals surface area contributed by atoms with Gasteiger partial charge >= 0.3 is 0 Å². The topological polar surface area (TPSA) is 12.0 Å². The van der Waals surface area contributed by atoms with Gasteiger partial charge in [0, 0.05) is 17.2 Å². The molecule has 0 bridgehead atoms. The van der Waals surface area contributed by atoms with E-state index < -0.39 is 0 Å². The van der Waals surface area contributed by atoms with Crippen molar-refractivity contribution in [1.82, 2.24) is 5.32 Å². The molecule has 1 aliphatic rings. The zero-order chi connectivity index (χ0) is 11.9. The van der Waals surface area contributed by atoms with E-state index in [1.54, 1.807) is 5.57 Å². The first-order chi connectivity index (χ1) is 6.62. The van der Waals surface area contributed by atoms with Gasteiger partial charge in [-0.25, -0.2) is 0 Å². The van der Waals surface area contributed by atoms with Gasteiger partial charge in [0.25, 0.3) is 0 Å². The van der Waals surface area contributed by atoms with Crippen molar-refractivity contribution in [3.63, 3.8) is 0 Å². The van der Waals surface area contributed by atoms with Gasteiger partial charge in [-0.1, -0.05) is 41.5 Å². The van der Waals surface area contributed by atoms with E-state index in [-0.39, 0.29) is 5.41 Å². The van der Waals surface area contributed by atoms with Crippen LogP contribution >= 0.6 is 0 Å². The van der Waals surface area contributed by atoms with Crippen molar-refractivity contribution in [2.75, 3.05) is 0 Å². The minimum absolute atomic E-state index is 0.247. The molecule has 0 saturated carbocycles. The van der Waals surface area contributed by atoms with Crippen LogP contribution in [0.25, 0.3) is 0 Å². The predicted octanol–water partition coefficient (Wildman–Crippen LogP) is 4.10. The maximum absolute atomic E-state index is 3.69. The third kappa shape index (κ3) is 2.99. The highest BCUT2D eigenvalue weighted by atomic mass is 14.9. The van der Waals surface area contributed by atoms with E-state index in [0.29, 0.717) is 11.5 Å². The van der Waals surface area contributed by atoms with Gasteiger partial charge in [0.2, 0.25) is 0 Å². The highest BCUT2D eigenvalue weighted by molar-refractivity contribution is 5.26. The Kier molecular flexibility index (Phi) is 3.23. The van der Waals surface area contributed by atoms with Crippen LogP contribution in [0, 0.1) is 10.8 Å². The van der Waals surface area contributed by atoms with Crippen molar-refractivity contribution in [3.8, 4) is 0 Å². The molecule has 0 aromatic rings. The predicted molar refractivity (Wildman–Crippen MR) is 67.8 cm³/mol. The summed E-state index contributed by atoms with van der Waals surface area (Å²) in [7, 11) is 0. The minimum Gasteiger partial charge on any atom is -0.385 e. The molecule has 0 spiro atoms. The Morgan fingerprint density at radius 2 is 1.53 bits per heavy atom. The number of hydrogen-bond acceptors (Lipinski definition) is 1. The van der Waals surface area contributed by atoms with E-state index in [1.165, 1.54) is 18.5 Å². The van der Waals surface area contributed by atoms with Gasteiger partial charge in [0.15, 0.2) is 0 Å². The van der Waals surface area contributed by atoms with E-state index in [2.05, 4.69) is 53.8 Å². The van der Waals surface area contributed by atoms with Crippen LogP contribution in [-0.2, 0) is 0 Å². The molecule has 1 aliphatic heterocycles. The van der Waals surface area contributed by atoms with Crippen molar-refractivity contribution >= 4 is 0 Å². The van der Waals surface area contributed by atoms with Crippen LogP contribution in [0.2, 0.25) is 0 Å². The normalized spacial score (nSPS) is 24.1. The fraction of sp³-hybridized carbons (Fsp3) is 0.857. The lowest BCUT2D eigenvalue weighted by Gasteiger charge is -2.39. The van der Waals surface area contributed by atoms with Crippen LogP contribution < -0.4 is 5.32 Å². The minimum atomic E-state index is 0.247. The smallest absolute Gasteiger partial charge is 0.0233 e. The molecule has 0 fully saturated rings. The van der Waals surface area contributed by atoms with Crippen molar-refractivity contribution < 1.29 is 0 Å². The Morgan fingerprint density at radius 3 is 1.93 bits per heavy atom. The summed E-state index contributed by atoms with van der Waals surface area (Å²) in [6.45, 7) is 16.2. The molecule has 0 radical (unpaired) electrons. The van der Waals surface area contributed by atoms with Crippen LogP contribution in [0.5, 0.6) is 0 Å². The first-order valence-corrected chi connectivity index (χ1v) is 6.13. The molecular weight excluding hydrogens is 182 g/mol. The second kappa shape index (κ2) is 3.84. The second-order valence-corrected chi connectivity index (χ2v) is 6.94. The molecule has 15 heavy (non-hydrogen) atoms. The number of hydrogen-bond donors (Lipinski definition) is 1. The summed E-state index contributed by atoms with van der Waals surface area (Å²) in [4.78, 5) is 0. The molecule has 0 aliphatic carbocycles. The van der Waals surface area contributed by atoms with Crippen molar-refractivity contribution in [3.05, 3.63) is 11.3 Å². The Balaban J connectivity index is 3.14. The Hall–Kier alpha value is -0.460. The van der Waals surface area contributed by atoms with Gasteiger partial charge in [-0.05, 0) is 30.8 Å². The Labute approximate surface area is 95.3 Å². The molecule has 0 aromatic carbocycles. The van der Waals surface area contributed by atoms with E-state index in [9.17, 15) is 0 Å². The van der Waals surface area contributed by atoms with Gasteiger partial charge in [-0.15, -0.1) is 0 Å². The Morgan fingerprint density at radius 1 is 1.00 bits per heavy atom. The summed E-state index contributed by atoms with van der Waals surface area (Å²) in [5.74, 6) is 0. The summed E-state index contributed by atoms with van der Waals surface area (Å²) in [6, 6.07) is 0.630. The maximum Gasteiger partial charge on any atom is 0.0233 e.